The van der Waals surface area contributed by atoms with Gasteiger partial charge in [-0.15, -0.1) is 0 Å². The number of hydrogen-bond donors (Lipinski definition) is 0. The van der Waals surface area contributed by atoms with E-state index in [0.717, 1.165) is 11.1 Å². The van der Waals surface area contributed by atoms with Crippen molar-refractivity contribution in [2.24, 2.45) is 0 Å². The zero-order chi connectivity index (χ0) is 14.5. The van der Waals surface area contributed by atoms with Crippen LogP contribution in [0.5, 0.6) is 0 Å². The highest BCUT2D eigenvalue weighted by Crippen LogP contribution is 2.16. The fourth-order valence-electron chi connectivity index (χ4n) is 1.95. The summed E-state index contributed by atoms with van der Waals surface area (Å²) in [6, 6.07) is 7.84. The lowest BCUT2D eigenvalue weighted by Gasteiger charge is -2.23. The second-order valence-corrected chi connectivity index (χ2v) is 4.88. The van der Waals surface area contributed by atoms with Gasteiger partial charge in [0.05, 0.1) is 19.7 Å². The zero-order valence-corrected chi connectivity index (χ0v) is 12.1. The summed E-state index contributed by atoms with van der Waals surface area (Å²) >= 11 is 0. The lowest BCUT2D eigenvalue weighted by molar-refractivity contribution is -0.145. The molecule has 0 fully saturated rings. The van der Waals surface area contributed by atoms with Gasteiger partial charge in [-0.05, 0) is 32.9 Å². The Bertz CT molecular complexity index is 544. The summed E-state index contributed by atoms with van der Waals surface area (Å²) in [6.45, 7) is 6.99. The Labute approximate surface area is 118 Å². The molecule has 5 heteroatoms. The number of nitrogens with zero attached hydrogens (tertiary/aromatic N) is 2. The molecule has 1 heterocycles. The molecule has 0 saturated heterocycles. The van der Waals surface area contributed by atoms with Crippen LogP contribution in [0.2, 0.25) is 0 Å². The zero-order valence-electron chi connectivity index (χ0n) is 12.1. The third kappa shape index (κ3) is 3.57. The molecule has 5 nitrogen and oxygen atoms in total. The first kappa shape index (κ1) is 14.5. The highest BCUT2D eigenvalue weighted by molar-refractivity contribution is 5.72. The molecule has 0 aliphatic rings. The van der Waals surface area contributed by atoms with Gasteiger partial charge in [-0.1, -0.05) is 12.1 Å². The van der Waals surface area contributed by atoms with Crippen molar-refractivity contribution in [1.82, 2.24) is 9.88 Å². The van der Waals surface area contributed by atoms with E-state index in [1.54, 1.807) is 6.92 Å². The maximum Gasteiger partial charge on any atom is 0.320 e. The molecule has 108 valence electrons. The Morgan fingerprint density at radius 1 is 1.40 bits per heavy atom. The number of carbonyl (C=O) groups is 1. The number of oxazole rings is 1. The maximum atomic E-state index is 11.6. The quantitative estimate of drug-likeness (QED) is 0.759. The predicted octanol–water partition coefficient (Wildman–Crippen LogP) is 2.60. The standard InChI is InChI=1S/C15H20N2O3/c1-4-19-15(18)10-17(11(2)3)9-14-16-12-7-5-6-8-13(12)20-14/h5-8,11H,4,9-10H2,1-3H3. The van der Waals surface area contributed by atoms with Crippen LogP contribution in [0.4, 0.5) is 0 Å². The van der Waals surface area contributed by atoms with E-state index in [-0.39, 0.29) is 18.6 Å². The maximum absolute atomic E-state index is 11.6. The van der Waals surface area contributed by atoms with Gasteiger partial charge in [0.25, 0.3) is 0 Å². The molecule has 2 rings (SSSR count). The van der Waals surface area contributed by atoms with Crippen molar-refractivity contribution in [1.29, 1.82) is 0 Å². The molecule has 0 bridgehead atoms. The van der Waals surface area contributed by atoms with Gasteiger partial charge in [-0.3, -0.25) is 9.69 Å². The molecule has 0 amide bonds. The van der Waals surface area contributed by atoms with E-state index in [1.165, 1.54) is 0 Å². The molecule has 0 atom stereocenters. The van der Waals surface area contributed by atoms with Gasteiger partial charge >= 0.3 is 5.97 Å². The first-order valence-corrected chi connectivity index (χ1v) is 6.84. The smallest absolute Gasteiger partial charge is 0.320 e. The van der Waals surface area contributed by atoms with Crippen molar-refractivity contribution in [3.05, 3.63) is 30.2 Å². The molecule has 0 radical (unpaired) electrons. The molecule has 1 aromatic heterocycles. The highest BCUT2D eigenvalue weighted by atomic mass is 16.5. The van der Waals surface area contributed by atoms with Crippen LogP contribution in [0.3, 0.4) is 0 Å². The third-order valence-electron chi connectivity index (χ3n) is 3.04. The van der Waals surface area contributed by atoms with Crippen molar-refractivity contribution in [2.45, 2.75) is 33.4 Å². The number of hydrogen-bond acceptors (Lipinski definition) is 5. The lowest BCUT2D eigenvalue weighted by atomic mass is 10.3. The van der Waals surface area contributed by atoms with E-state index >= 15 is 0 Å². The van der Waals surface area contributed by atoms with Gasteiger partial charge in [0.1, 0.15) is 5.52 Å². The summed E-state index contributed by atoms with van der Waals surface area (Å²) in [4.78, 5) is 18.0. The Hall–Kier alpha value is -1.88. The van der Waals surface area contributed by atoms with Crippen LogP contribution in [-0.4, -0.2) is 35.0 Å². The van der Waals surface area contributed by atoms with Crippen LogP contribution in [0.1, 0.15) is 26.7 Å². The van der Waals surface area contributed by atoms with Crippen LogP contribution in [0.15, 0.2) is 28.7 Å². The number of fused-ring (bicyclic) bond motifs is 1. The van der Waals surface area contributed by atoms with Gasteiger partial charge in [0.15, 0.2) is 5.58 Å². The summed E-state index contributed by atoms with van der Waals surface area (Å²) in [5.41, 5.74) is 1.60. The number of para-hydroxylation sites is 2. The van der Waals surface area contributed by atoms with E-state index in [9.17, 15) is 4.79 Å². The Morgan fingerprint density at radius 2 is 2.15 bits per heavy atom. The van der Waals surface area contributed by atoms with Crippen molar-refractivity contribution in [3.63, 3.8) is 0 Å². The molecule has 0 aliphatic heterocycles. The molecule has 0 N–H and O–H groups in total. The molecule has 0 aliphatic carbocycles. The van der Waals surface area contributed by atoms with Gasteiger partial charge in [0, 0.05) is 6.04 Å². The SMILES string of the molecule is CCOC(=O)CN(Cc1nc2ccccc2o1)C(C)C. The molecule has 20 heavy (non-hydrogen) atoms. The van der Waals surface area contributed by atoms with E-state index in [2.05, 4.69) is 4.98 Å². The van der Waals surface area contributed by atoms with Crippen molar-refractivity contribution < 1.29 is 13.9 Å². The Balaban J connectivity index is 2.09. The average Bonchev–Trinajstić information content (AvgIpc) is 2.80. The van der Waals surface area contributed by atoms with Crippen molar-refractivity contribution in [3.8, 4) is 0 Å². The van der Waals surface area contributed by atoms with Gasteiger partial charge in [0.2, 0.25) is 5.89 Å². The monoisotopic (exact) mass is 276 g/mol. The molecule has 0 spiro atoms. The number of carbonyl (C=O) groups excluding carboxylic acids is 1. The largest absolute Gasteiger partial charge is 0.465 e. The van der Waals surface area contributed by atoms with E-state index in [0.29, 0.717) is 19.0 Å². The molecule has 1 aromatic carbocycles. The topological polar surface area (TPSA) is 55.6 Å². The number of esters is 1. The molecule has 0 saturated carbocycles. The van der Waals surface area contributed by atoms with Crippen molar-refractivity contribution >= 4 is 17.1 Å². The van der Waals surface area contributed by atoms with Crippen LogP contribution in [0, 0.1) is 0 Å². The summed E-state index contributed by atoms with van der Waals surface area (Å²) in [5, 5.41) is 0. The minimum Gasteiger partial charge on any atom is -0.465 e. The summed E-state index contributed by atoms with van der Waals surface area (Å²) in [5.74, 6) is 0.390. The number of aromatic nitrogens is 1. The minimum absolute atomic E-state index is 0.203. The Morgan fingerprint density at radius 3 is 2.80 bits per heavy atom. The van der Waals surface area contributed by atoms with Crippen LogP contribution in [0.25, 0.3) is 11.1 Å². The fraction of sp³-hybridized carbons (Fsp3) is 0.467. The van der Waals surface area contributed by atoms with E-state index in [1.807, 2.05) is 43.0 Å². The molecular weight excluding hydrogens is 256 g/mol. The molecule has 0 unspecified atom stereocenters. The summed E-state index contributed by atoms with van der Waals surface area (Å²) in [6.07, 6.45) is 0. The third-order valence-corrected chi connectivity index (χ3v) is 3.04. The van der Waals surface area contributed by atoms with Gasteiger partial charge < -0.3 is 9.15 Å². The fourth-order valence-corrected chi connectivity index (χ4v) is 1.95. The normalized spacial score (nSPS) is 11.4. The molecular formula is C15H20N2O3. The van der Waals surface area contributed by atoms with E-state index < -0.39 is 0 Å². The van der Waals surface area contributed by atoms with Gasteiger partial charge in [-0.25, -0.2) is 4.98 Å². The van der Waals surface area contributed by atoms with E-state index in [4.69, 9.17) is 9.15 Å². The van der Waals surface area contributed by atoms with Crippen molar-refractivity contribution in [2.75, 3.05) is 13.2 Å². The van der Waals surface area contributed by atoms with Crippen LogP contribution >= 0.6 is 0 Å². The highest BCUT2D eigenvalue weighted by Gasteiger charge is 2.18. The minimum atomic E-state index is -0.225. The number of rotatable bonds is 6. The first-order chi connectivity index (χ1) is 9.60. The second-order valence-electron chi connectivity index (χ2n) is 4.88. The predicted molar refractivity (Wildman–Crippen MR) is 76.2 cm³/mol. The summed E-state index contributed by atoms with van der Waals surface area (Å²) < 4.78 is 10.7. The van der Waals surface area contributed by atoms with Gasteiger partial charge in [-0.2, -0.15) is 0 Å². The average molecular weight is 276 g/mol. The summed E-state index contributed by atoms with van der Waals surface area (Å²) in [7, 11) is 0. The number of benzene rings is 1. The Kier molecular flexibility index (Phi) is 4.74. The second kappa shape index (κ2) is 6.52. The number of ether oxygens (including phenoxy) is 1. The lowest BCUT2D eigenvalue weighted by Crippen LogP contribution is -2.36. The van der Waals surface area contributed by atoms with Crippen LogP contribution < -0.4 is 0 Å². The molecule has 2 aromatic rings. The first-order valence-electron chi connectivity index (χ1n) is 6.84. The van der Waals surface area contributed by atoms with Crippen LogP contribution in [-0.2, 0) is 16.1 Å².